The van der Waals surface area contributed by atoms with Crippen molar-refractivity contribution in [2.75, 3.05) is 11.9 Å². The fourth-order valence-corrected chi connectivity index (χ4v) is 1.84. The molecule has 0 aliphatic rings. The van der Waals surface area contributed by atoms with Gasteiger partial charge in [0.25, 0.3) is 0 Å². The van der Waals surface area contributed by atoms with Crippen LogP contribution >= 0.6 is 11.6 Å². The standard InChI is InChI=1S/C12H19ClN4O/c1-2-9(5-7-14)3-4-11(18)17-12-15-8-6-10(13)16-12/h6,8-9H,2-5,7,14H2,1H3,(H,15,16,17,18). The highest BCUT2D eigenvalue weighted by Crippen LogP contribution is 2.15. The van der Waals surface area contributed by atoms with Crippen LogP contribution in [0.2, 0.25) is 5.15 Å². The van der Waals surface area contributed by atoms with Gasteiger partial charge in [-0.25, -0.2) is 9.97 Å². The molecule has 0 saturated carbocycles. The van der Waals surface area contributed by atoms with E-state index in [9.17, 15) is 4.79 Å². The summed E-state index contributed by atoms with van der Waals surface area (Å²) in [5, 5.41) is 2.94. The number of amides is 1. The second-order valence-corrected chi connectivity index (χ2v) is 4.53. The lowest BCUT2D eigenvalue weighted by Gasteiger charge is -2.12. The first-order valence-corrected chi connectivity index (χ1v) is 6.52. The van der Waals surface area contributed by atoms with E-state index >= 15 is 0 Å². The molecule has 0 aliphatic carbocycles. The molecule has 0 aliphatic heterocycles. The molecule has 0 radical (unpaired) electrons. The van der Waals surface area contributed by atoms with E-state index in [1.165, 1.54) is 6.20 Å². The molecule has 1 unspecified atom stereocenters. The van der Waals surface area contributed by atoms with E-state index in [1.807, 2.05) is 0 Å². The van der Waals surface area contributed by atoms with Gasteiger partial charge in [0, 0.05) is 12.6 Å². The van der Waals surface area contributed by atoms with Crippen molar-refractivity contribution in [3.8, 4) is 0 Å². The second-order valence-electron chi connectivity index (χ2n) is 4.14. The topological polar surface area (TPSA) is 80.9 Å². The van der Waals surface area contributed by atoms with Crippen LogP contribution in [0.4, 0.5) is 5.95 Å². The van der Waals surface area contributed by atoms with Crippen LogP contribution in [0.15, 0.2) is 12.3 Å². The Labute approximate surface area is 112 Å². The summed E-state index contributed by atoms with van der Waals surface area (Å²) in [6, 6.07) is 1.56. The fourth-order valence-electron chi connectivity index (χ4n) is 1.71. The van der Waals surface area contributed by atoms with Gasteiger partial charge in [-0.15, -0.1) is 0 Å². The van der Waals surface area contributed by atoms with Gasteiger partial charge in [0.05, 0.1) is 0 Å². The smallest absolute Gasteiger partial charge is 0.230 e. The number of nitrogens with zero attached hydrogens (tertiary/aromatic N) is 2. The Hall–Kier alpha value is -1.20. The summed E-state index contributed by atoms with van der Waals surface area (Å²) in [4.78, 5) is 19.5. The number of rotatable bonds is 7. The third kappa shape index (κ3) is 5.42. The average molecular weight is 271 g/mol. The molecule has 1 heterocycles. The van der Waals surface area contributed by atoms with Gasteiger partial charge in [0.1, 0.15) is 5.15 Å². The van der Waals surface area contributed by atoms with Gasteiger partial charge < -0.3 is 5.73 Å². The highest BCUT2D eigenvalue weighted by atomic mass is 35.5. The number of nitrogens with two attached hydrogens (primary N) is 1. The molecule has 0 spiro atoms. The van der Waals surface area contributed by atoms with Crippen LogP contribution in [0.1, 0.15) is 32.6 Å². The lowest BCUT2D eigenvalue weighted by atomic mass is 9.96. The van der Waals surface area contributed by atoms with Gasteiger partial charge in [-0.2, -0.15) is 0 Å². The molecule has 1 amide bonds. The zero-order valence-corrected chi connectivity index (χ0v) is 11.3. The van der Waals surface area contributed by atoms with Crippen molar-refractivity contribution in [1.29, 1.82) is 0 Å². The highest BCUT2D eigenvalue weighted by Gasteiger charge is 2.10. The Kier molecular flexibility index (Phi) is 6.60. The third-order valence-corrected chi connectivity index (χ3v) is 3.02. The van der Waals surface area contributed by atoms with Crippen LogP contribution < -0.4 is 11.1 Å². The number of nitrogens with one attached hydrogen (secondary N) is 1. The minimum Gasteiger partial charge on any atom is -0.330 e. The van der Waals surface area contributed by atoms with Crippen molar-refractivity contribution in [3.05, 3.63) is 17.4 Å². The zero-order chi connectivity index (χ0) is 13.4. The Morgan fingerprint density at radius 2 is 2.33 bits per heavy atom. The third-order valence-electron chi connectivity index (χ3n) is 2.80. The maximum Gasteiger partial charge on any atom is 0.230 e. The molecule has 0 fully saturated rings. The monoisotopic (exact) mass is 270 g/mol. The summed E-state index contributed by atoms with van der Waals surface area (Å²) in [5.74, 6) is 0.660. The van der Waals surface area contributed by atoms with Crippen molar-refractivity contribution >= 4 is 23.5 Å². The zero-order valence-electron chi connectivity index (χ0n) is 10.5. The average Bonchev–Trinajstić information content (AvgIpc) is 2.34. The van der Waals surface area contributed by atoms with Crippen molar-refractivity contribution in [3.63, 3.8) is 0 Å². The minimum absolute atomic E-state index is 0.0901. The first-order chi connectivity index (χ1) is 8.65. The van der Waals surface area contributed by atoms with Crippen molar-refractivity contribution < 1.29 is 4.79 Å². The molecule has 0 aromatic carbocycles. The SMILES string of the molecule is CCC(CCN)CCC(=O)Nc1nccc(Cl)n1. The Morgan fingerprint density at radius 3 is 2.94 bits per heavy atom. The minimum atomic E-state index is -0.0901. The molecule has 1 aromatic heterocycles. The number of anilines is 1. The van der Waals surface area contributed by atoms with Crippen LogP contribution in [0.3, 0.4) is 0 Å². The van der Waals surface area contributed by atoms with E-state index < -0.39 is 0 Å². The van der Waals surface area contributed by atoms with Gasteiger partial charge in [-0.1, -0.05) is 24.9 Å². The predicted octanol–water partition coefficient (Wildman–Crippen LogP) is 2.22. The number of carbonyl (C=O) groups excluding carboxylic acids is 1. The van der Waals surface area contributed by atoms with Gasteiger partial charge in [-0.3, -0.25) is 10.1 Å². The molecule has 5 nitrogen and oxygen atoms in total. The first kappa shape index (κ1) is 14.9. The normalized spacial score (nSPS) is 12.2. The molecule has 1 atom stereocenters. The fraction of sp³-hybridized carbons (Fsp3) is 0.583. The van der Waals surface area contributed by atoms with Crippen molar-refractivity contribution in [2.45, 2.75) is 32.6 Å². The molecule has 100 valence electrons. The number of carbonyl (C=O) groups is 1. The van der Waals surface area contributed by atoms with Crippen LogP contribution in [0.25, 0.3) is 0 Å². The largest absolute Gasteiger partial charge is 0.330 e. The summed E-state index contributed by atoms with van der Waals surface area (Å²) < 4.78 is 0. The van der Waals surface area contributed by atoms with E-state index in [0.29, 0.717) is 24.0 Å². The number of halogens is 1. The summed E-state index contributed by atoms with van der Waals surface area (Å²) >= 11 is 5.70. The number of aromatic nitrogens is 2. The van der Waals surface area contributed by atoms with E-state index in [4.69, 9.17) is 17.3 Å². The van der Waals surface area contributed by atoms with Gasteiger partial charge in [0.15, 0.2) is 0 Å². The van der Waals surface area contributed by atoms with Crippen LogP contribution in [-0.4, -0.2) is 22.4 Å². The van der Waals surface area contributed by atoms with Crippen LogP contribution in [-0.2, 0) is 4.79 Å². The second kappa shape index (κ2) is 8.00. The lowest BCUT2D eigenvalue weighted by molar-refractivity contribution is -0.116. The summed E-state index contributed by atoms with van der Waals surface area (Å²) in [5.41, 5.74) is 5.52. The first-order valence-electron chi connectivity index (χ1n) is 6.14. The van der Waals surface area contributed by atoms with E-state index in [1.54, 1.807) is 6.07 Å². The van der Waals surface area contributed by atoms with Crippen molar-refractivity contribution in [1.82, 2.24) is 9.97 Å². The van der Waals surface area contributed by atoms with Crippen LogP contribution in [0.5, 0.6) is 0 Å². The predicted molar refractivity (Wildman–Crippen MR) is 72.4 cm³/mol. The summed E-state index contributed by atoms with van der Waals surface area (Å²) in [6.45, 7) is 2.77. The highest BCUT2D eigenvalue weighted by molar-refractivity contribution is 6.29. The van der Waals surface area contributed by atoms with E-state index in [2.05, 4.69) is 22.2 Å². The molecule has 6 heteroatoms. The Bertz CT molecular complexity index is 386. The molecule has 1 rings (SSSR count). The molecular formula is C12H19ClN4O. The van der Waals surface area contributed by atoms with Crippen LogP contribution in [0, 0.1) is 5.92 Å². The quantitative estimate of drug-likeness (QED) is 0.745. The maximum absolute atomic E-state index is 11.7. The number of hydrogen-bond acceptors (Lipinski definition) is 4. The Morgan fingerprint density at radius 1 is 1.56 bits per heavy atom. The molecule has 1 aromatic rings. The molecule has 18 heavy (non-hydrogen) atoms. The van der Waals surface area contributed by atoms with Gasteiger partial charge in [0.2, 0.25) is 11.9 Å². The van der Waals surface area contributed by atoms with Gasteiger partial charge in [-0.05, 0) is 31.4 Å². The number of hydrogen-bond donors (Lipinski definition) is 2. The molecule has 0 saturated heterocycles. The maximum atomic E-state index is 11.7. The molecular weight excluding hydrogens is 252 g/mol. The van der Waals surface area contributed by atoms with Crippen molar-refractivity contribution in [2.24, 2.45) is 11.7 Å². The van der Waals surface area contributed by atoms with E-state index in [0.717, 1.165) is 19.3 Å². The van der Waals surface area contributed by atoms with E-state index in [-0.39, 0.29) is 11.9 Å². The Balaban J connectivity index is 2.37. The molecule has 3 N–H and O–H groups in total. The summed E-state index contributed by atoms with van der Waals surface area (Å²) in [6.07, 6.45) is 4.79. The molecule has 0 bridgehead atoms. The lowest BCUT2D eigenvalue weighted by Crippen LogP contribution is -2.16. The van der Waals surface area contributed by atoms with Gasteiger partial charge >= 0.3 is 0 Å². The summed E-state index contributed by atoms with van der Waals surface area (Å²) in [7, 11) is 0.